The molecule has 19 heavy (non-hydrogen) atoms. The predicted octanol–water partition coefficient (Wildman–Crippen LogP) is 4.31. The van der Waals surface area contributed by atoms with Gasteiger partial charge < -0.3 is 9.73 Å². The van der Waals surface area contributed by atoms with Gasteiger partial charge in [0.1, 0.15) is 5.76 Å². The first-order chi connectivity index (χ1) is 9.29. The normalized spacial score (nSPS) is 12.9. The first kappa shape index (κ1) is 12.5. The Hall–Kier alpha value is -1.58. The molecule has 0 saturated heterocycles. The second-order valence-corrected chi connectivity index (χ2v) is 5.68. The molecule has 0 spiro atoms. The van der Waals surface area contributed by atoms with Crippen molar-refractivity contribution in [2.75, 3.05) is 7.05 Å². The molecule has 1 atom stereocenters. The third kappa shape index (κ3) is 2.31. The summed E-state index contributed by atoms with van der Waals surface area (Å²) in [4.78, 5) is 0. The van der Waals surface area contributed by atoms with Gasteiger partial charge in [0.15, 0.2) is 0 Å². The van der Waals surface area contributed by atoms with Gasteiger partial charge in [-0.2, -0.15) is 0 Å². The minimum absolute atomic E-state index is 0.230. The number of thiophene rings is 1. The second-order valence-electron chi connectivity index (χ2n) is 4.77. The summed E-state index contributed by atoms with van der Waals surface area (Å²) < 4.78 is 6.97. The van der Waals surface area contributed by atoms with Crippen LogP contribution in [0, 0.1) is 6.92 Å². The van der Waals surface area contributed by atoms with E-state index in [4.69, 9.17) is 4.42 Å². The molecule has 2 nitrogen and oxygen atoms in total. The van der Waals surface area contributed by atoms with Gasteiger partial charge in [-0.15, -0.1) is 11.3 Å². The van der Waals surface area contributed by atoms with Crippen molar-refractivity contribution >= 4 is 21.4 Å². The van der Waals surface area contributed by atoms with Crippen LogP contribution in [0.5, 0.6) is 0 Å². The van der Waals surface area contributed by atoms with Crippen molar-refractivity contribution in [2.45, 2.75) is 19.4 Å². The van der Waals surface area contributed by atoms with Crippen molar-refractivity contribution in [3.8, 4) is 0 Å². The molecule has 0 radical (unpaired) electrons. The van der Waals surface area contributed by atoms with Crippen molar-refractivity contribution in [1.29, 1.82) is 0 Å². The van der Waals surface area contributed by atoms with E-state index in [9.17, 15) is 0 Å². The summed E-state index contributed by atoms with van der Waals surface area (Å²) in [5.74, 6) is 1.04. The molecule has 3 rings (SSSR count). The van der Waals surface area contributed by atoms with Gasteiger partial charge in [0.05, 0.1) is 12.3 Å². The van der Waals surface area contributed by atoms with Crippen LogP contribution < -0.4 is 5.32 Å². The molecule has 0 fully saturated rings. The number of aryl methyl sites for hydroxylation is 1. The zero-order valence-electron chi connectivity index (χ0n) is 11.1. The molecular formula is C16H17NOS. The average molecular weight is 271 g/mol. The van der Waals surface area contributed by atoms with Crippen LogP contribution in [0.4, 0.5) is 0 Å². The van der Waals surface area contributed by atoms with Crippen LogP contribution in [0.25, 0.3) is 10.1 Å². The zero-order chi connectivity index (χ0) is 13.2. The highest BCUT2D eigenvalue weighted by molar-refractivity contribution is 7.17. The number of hydrogen-bond acceptors (Lipinski definition) is 3. The van der Waals surface area contributed by atoms with Crippen LogP contribution in [-0.4, -0.2) is 7.05 Å². The zero-order valence-corrected chi connectivity index (χ0v) is 12.0. The lowest BCUT2D eigenvalue weighted by Gasteiger charge is -2.14. The quantitative estimate of drug-likeness (QED) is 0.765. The van der Waals surface area contributed by atoms with E-state index < -0.39 is 0 Å². The SMILES string of the molecule is CNC(Cc1csc2ccccc12)c1occc1C. The Labute approximate surface area is 117 Å². The Bertz CT molecular complexity index is 683. The van der Waals surface area contributed by atoms with Crippen molar-refractivity contribution in [2.24, 2.45) is 0 Å². The predicted molar refractivity (Wildman–Crippen MR) is 80.8 cm³/mol. The Morgan fingerprint density at radius 2 is 2.11 bits per heavy atom. The van der Waals surface area contributed by atoms with Crippen LogP contribution in [0.2, 0.25) is 0 Å². The van der Waals surface area contributed by atoms with E-state index in [0.717, 1.165) is 12.2 Å². The largest absolute Gasteiger partial charge is 0.467 e. The Morgan fingerprint density at radius 1 is 1.26 bits per heavy atom. The van der Waals surface area contributed by atoms with E-state index in [-0.39, 0.29) is 6.04 Å². The Kier molecular flexibility index (Phi) is 3.40. The van der Waals surface area contributed by atoms with E-state index >= 15 is 0 Å². The highest BCUT2D eigenvalue weighted by Gasteiger charge is 2.17. The lowest BCUT2D eigenvalue weighted by Crippen LogP contribution is -2.18. The van der Waals surface area contributed by atoms with E-state index in [1.54, 1.807) is 6.26 Å². The molecule has 1 unspecified atom stereocenters. The summed E-state index contributed by atoms with van der Waals surface area (Å²) in [6.07, 6.45) is 2.72. The lowest BCUT2D eigenvalue weighted by molar-refractivity contribution is 0.427. The van der Waals surface area contributed by atoms with Crippen molar-refractivity contribution in [1.82, 2.24) is 5.32 Å². The highest BCUT2D eigenvalue weighted by atomic mass is 32.1. The highest BCUT2D eigenvalue weighted by Crippen LogP contribution is 2.30. The Balaban J connectivity index is 1.93. The van der Waals surface area contributed by atoms with Gasteiger partial charge in [-0.25, -0.2) is 0 Å². The fourth-order valence-corrected chi connectivity index (χ4v) is 3.45. The van der Waals surface area contributed by atoms with Gasteiger partial charge in [0, 0.05) is 4.70 Å². The Morgan fingerprint density at radius 3 is 2.84 bits per heavy atom. The summed E-state index contributed by atoms with van der Waals surface area (Å²) in [6, 6.07) is 10.8. The first-order valence-corrected chi connectivity index (χ1v) is 7.34. The maximum absolute atomic E-state index is 5.62. The minimum atomic E-state index is 0.230. The number of rotatable bonds is 4. The number of furan rings is 1. The van der Waals surface area contributed by atoms with Crippen LogP contribution in [0.3, 0.4) is 0 Å². The molecule has 1 aromatic carbocycles. The molecule has 0 bridgehead atoms. The van der Waals surface area contributed by atoms with Crippen LogP contribution in [0.15, 0.2) is 46.4 Å². The molecule has 2 heterocycles. The molecule has 0 saturated carbocycles. The number of hydrogen-bond donors (Lipinski definition) is 1. The summed E-state index contributed by atoms with van der Waals surface area (Å²) in [6.45, 7) is 2.09. The number of likely N-dealkylation sites (N-methyl/N-ethyl adjacent to an activating group) is 1. The van der Waals surface area contributed by atoms with Crippen LogP contribution in [-0.2, 0) is 6.42 Å². The van der Waals surface area contributed by atoms with E-state index in [0.29, 0.717) is 0 Å². The molecule has 3 heteroatoms. The van der Waals surface area contributed by atoms with Gasteiger partial charge in [-0.3, -0.25) is 0 Å². The first-order valence-electron chi connectivity index (χ1n) is 6.46. The third-order valence-electron chi connectivity index (χ3n) is 3.55. The molecule has 98 valence electrons. The standard InChI is InChI=1S/C16H17NOS/c1-11-7-8-18-16(11)14(17-2)9-12-10-19-15-6-4-3-5-13(12)15/h3-8,10,14,17H,9H2,1-2H3. The maximum Gasteiger partial charge on any atom is 0.123 e. The molecule has 3 aromatic rings. The topological polar surface area (TPSA) is 25.2 Å². The molecular weight excluding hydrogens is 254 g/mol. The third-order valence-corrected chi connectivity index (χ3v) is 4.56. The lowest BCUT2D eigenvalue weighted by atomic mass is 10.0. The van der Waals surface area contributed by atoms with Gasteiger partial charge >= 0.3 is 0 Å². The van der Waals surface area contributed by atoms with Gasteiger partial charge in [-0.1, -0.05) is 18.2 Å². The minimum Gasteiger partial charge on any atom is -0.467 e. The molecule has 2 aromatic heterocycles. The molecule has 0 aliphatic rings. The second kappa shape index (κ2) is 5.19. The van der Waals surface area contributed by atoms with Gasteiger partial charge in [-0.05, 0) is 54.4 Å². The molecule has 1 N–H and O–H groups in total. The van der Waals surface area contributed by atoms with Crippen molar-refractivity contribution in [3.63, 3.8) is 0 Å². The van der Waals surface area contributed by atoms with Crippen LogP contribution in [0.1, 0.15) is 22.9 Å². The van der Waals surface area contributed by atoms with E-state index in [1.165, 1.54) is 21.2 Å². The summed E-state index contributed by atoms with van der Waals surface area (Å²) in [5, 5.41) is 6.97. The fraction of sp³-hybridized carbons (Fsp3) is 0.250. The fourth-order valence-electron chi connectivity index (χ4n) is 2.48. The number of benzene rings is 1. The maximum atomic E-state index is 5.62. The molecule has 0 aliphatic heterocycles. The summed E-state index contributed by atoms with van der Waals surface area (Å²) >= 11 is 1.81. The molecule has 0 amide bonds. The van der Waals surface area contributed by atoms with Crippen LogP contribution >= 0.6 is 11.3 Å². The summed E-state index contributed by atoms with van der Waals surface area (Å²) in [7, 11) is 1.99. The van der Waals surface area contributed by atoms with Gasteiger partial charge in [0.25, 0.3) is 0 Å². The van der Waals surface area contributed by atoms with E-state index in [2.05, 4.69) is 41.9 Å². The smallest absolute Gasteiger partial charge is 0.123 e. The summed E-state index contributed by atoms with van der Waals surface area (Å²) in [5.41, 5.74) is 2.59. The van der Waals surface area contributed by atoms with Crippen molar-refractivity contribution < 1.29 is 4.42 Å². The van der Waals surface area contributed by atoms with E-state index in [1.807, 2.05) is 24.5 Å². The van der Waals surface area contributed by atoms with Crippen molar-refractivity contribution in [3.05, 3.63) is 58.9 Å². The number of nitrogens with one attached hydrogen (secondary N) is 1. The molecule has 0 aliphatic carbocycles. The number of fused-ring (bicyclic) bond motifs is 1. The van der Waals surface area contributed by atoms with Gasteiger partial charge in [0.2, 0.25) is 0 Å². The monoisotopic (exact) mass is 271 g/mol. The average Bonchev–Trinajstić information content (AvgIpc) is 3.03.